The molecule has 0 spiro atoms. The fourth-order valence-corrected chi connectivity index (χ4v) is 3.12. The average molecular weight is 311 g/mol. The quantitative estimate of drug-likeness (QED) is 0.664. The van der Waals surface area contributed by atoms with Crippen molar-refractivity contribution in [1.82, 2.24) is 0 Å². The number of aliphatic hydroxyl groups is 2. The summed E-state index contributed by atoms with van der Waals surface area (Å²) in [5.41, 5.74) is 1.05. The van der Waals surface area contributed by atoms with E-state index in [0.29, 0.717) is 12.7 Å². The van der Waals surface area contributed by atoms with Crippen LogP contribution in [0.5, 0.6) is 0 Å². The average Bonchev–Trinajstić information content (AvgIpc) is 2.62. The van der Waals surface area contributed by atoms with Crippen molar-refractivity contribution in [1.29, 1.82) is 0 Å². The van der Waals surface area contributed by atoms with E-state index in [1.165, 1.54) is 0 Å². The Labute approximate surface area is 114 Å². The Morgan fingerprint density at radius 2 is 1.94 bits per heavy atom. The third-order valence-electron chi connectivity index (χ3n) is 3.47. The van der Waals surface area contributed by atoms with E-state index in [1.807, 2.05) is 30.3 Å². The summed E-state index contributed by atoms with van der Waals surface area (Å²) in [7, 11) is 0. The predicted octanol–water partition coefficient (Wildman–Crippen LogP) is 2.56. The van der Waals surface area contributed by atoms with Gasteiger partial charge in [-0.25, -0.2) is 0 Å². The number of rotatable bonds is 4. The van der Waals surface area contributed by atoms with Gasteiger partial charge in [0.2, 0.25) is 0 Å². The van der Waals surface area contributed by atoms with Crippen LogP contribution in [0.15, 0.2) is 41.7 Å². The van der Waals surface area contributed by atoms with Crippen LogP contribution in [-0.4, -0.2) is 27.9 Å². The Hall–Kier alpha value is -1.13. The number of carbonyl (C=O) groups excluding carboxylic acids is 1. The maximum absolute atomic E-state index is 11.0. The molecule has 1 aliphatic carbocycles. The Balaban J connectivity index is 2.41. The second kappa shape index (κ2) is 5.67. The van der Waals surface area contributed by atoms with Crippen LogP contribution < -0.4 is 0 Å². The molecule has 4 heteroatoms. The normalized spacial score (nSPS) is 27.6. The van der Waals surface area contributed by atoms with E-state index in [2.05, 4.69) is 15.9 Å². The molecule has 1 aromatic rings. The van der Waals surface area contributed by atoms with Crippen LogP contribution in [0.2, 0.25) is 0 Å². The van der Waals surface area contributed by atoms with Gasteiger partial charge in [0.15, 0.2) is 6.29 Å². The molecule has 0 bridgehead atoms. The monoisotopic (exact) mass is 310 g/mol. The van der Waals surface area contributed by atoms with Crippen LogP contribution in [0.3, 0.4) is 0 Å². The highest BCUT2D eigenvalue weighted by Crippen LogP contribution is 2.44. The predicted molar refractivity (Wildman–Crippen MR) is 72.8 cm³/mol. The second-order valence-electron chi connectivity index (χ2n) is 4.43. The van der Waals surface area contributed by atoms with Gasteiger partial charge in [-0.3, -0.25) is 4.79 Å². The van der Waals surface area contributed by atoms with Crippen molar-refractivity contribution in [2.45, 2.75) is 18.4 Å². The Bertz CT molecular complexity index is 455. The third-order valence-corrected chi connectivity index (χ3v) is 3.93. The first-order chi connectivity index (χ1) is 8.70. The number of allylic oxidation sites excluding steroid dienone is 1. The molecule has 2 N–H and O–H groups in total. The van der Waals surface area contributed by atoms with Crippen LogP contribution in [0, 0.1) is 5.92 Å². The summed E-state index contributed by atoms with van der Waals surface area (Å²) in [4.78, 5) is 11.0. The lowest BCUT2D eigenvalue weighted by atomic mass is 9.85. The van der Waals surface area contributed by atoms with Crippen LogP contribution in [-0.2, 0) is 4.79 Å². The second-order valence-corrected chi connectivity index (χ2v) is 5.23. The smallest absolute Gasteiger partial charge is 0.152 e. The maximum atomic E-state index is 11.0. The number of benzene rings is 1. The molecule has 96 valence electrons. The van der Waals surface area contributed by atoms with Crippen LogP contribution in [0.4, 0.5) is 0 Å². The largest absolute Gasteiger partial charge is 0.511 e. The Kier molecular flexibility index (Phi) is 4.19. The molecule has 0 saturated carbocycles. The molecule has 1 aromatic carbocycles. The zero-order valence-corrected chi connectivity index (χ0v) is 11.4. The van der Waals surface area contributed by atoms with Crippen LogP contribution in [0.1, 0.15) is 17.9 Å². The highest BCUT2D eigenvalue weighted by Gasteiger charge is 2.42. The van der Waals surface area contributed by atoms with Crippen molar-refractivity contribution < 1.29 is 15.0 Å². The van der Waals surface area contributed by atoms with E-state index in [9.17, 15) is 15.0 Å². The van der Waals surface area contributed by atoms with Gasteiger partial charge in [0.1, 0.15) is 5.76 Å². The van der Waals surface area contributed by atoms with Gasteiger partial charge in [-0.1, -0.05) is 46.3 Å². The molecule has 3 nitrogen and oxygen atoms in total. The molecule has 18 heavy (non-hydrogen) atoms. The van der Waals surface area contributed by atoms with Gasteiger partial charge in [-0.2, -0.15) is 0 Å². The molecule has 0 amide bonds. The van der Waals surface area contributed by atoms with Gasteiger partial charge >= 0.3 is 0 Å². The van der Waals surface area contributed by atoms with E-state index < -0.39 is 6.10 Å². The van der Waals surface area contributed by atoms with E-state index in [0.717, 1.165) is 10.9 Å². The summed E-state index contributed by atoms with van der Waals surface area (Å²) in [5, 5.41) is 21.0. The maximum Gasteiger partial charge on any atom is 0.152 e. The summed E-state index contributed by atoms with van der Waals surface area (Å²) < 4.78 is 0. The molecule has 0 saturated heterocycles. The van der Waals surface area contributed by atoms with Crippen LogP contribution in [0.25, 0.3) is 0 Å². The van der Waals surface area contributed by atoms with E-state index in [-0.39, 0.29) is 23.2 Å². The zero-order valence-electron chi connectivity index (χ0n) is 9.79. The fourth-order valence-electron chi connectivity index (χ4n) is 2.59. The minimum Gasteiger partial charge on any atom is -0.511 e. The summed E-state index contributed by atoms with van der Waals surface area (Å²) in [6.07, 6.45) is 0.372. The first-order valence-corrected chi connectivity index (χ1v) is 7.00. The summed E-state index contributed by atoms with van der Waals surface area (Å²) in [6.45, 7) is 0. The van der Waals surface area contributed by atoms with Gasteiger partial charge in [0.25, 0.3) is 0 Å². The van der Waals surface area contributed by atoms with Crippen molar-refractivity contribution in [3.8, 4) is 0 Å². The Morgan fingerprint density at radius 1 is 1.28 bits per heavy atom. The Morgan fingerprint density at radius 3 is 2.50 bits per heavy atom. The van der Waals surface area contributed by atoms with Crippen molar-refractivity contribution in [3.05, 3.63) is 47.2 Å². The van der Waals surface area contributed by atoms with E-state index >= 15 is 0 Å². The molecule has 3 atom stereocenters. The molecule has 1 aliphatic rings. The number of alkyl halides is 1. The summed E-state index contributed by atoms with van der Waals surface area (Å²) in [5.74, 6) is -0.444. The number of halogens is 1. The van der Waals surface area contributed by atoms with Crippen molar-refractivity contribution in [3.63, 3.8) is 0 Å². The number of hydrogen-bond acceptors (Lipinski definition) is 3. The SMILES string of the molecule is O=CC1=C(O)C(c2ccccc2)C(CCBr)C1O. The van der Waals surface area contributed by atoms with Gasteiger partial charge < -0.3 is 10.2 Å². The number of carbonyl (C=O) groups is 1. The van der Waals surface area contributed by atoms with Gasteiger partial charge in [-0.05, 0) is 12.0 Å². The molecule has 0 aliphatic heterocycles. The number of aldehydes is 1. The summed E-state index contributed by atoms with van der Waals surface area (Å²) >= 11 is 3.35. The molecule has 0 radical (unpaired) electrons. The number of hydrogen-bond donors (Lipinski definition) is 2. The van der Waals surface area contributed by atoms with Crippen molar-refractivity contribution in [2.24, 2.45) is 5.92 Å². The van der Waals surface area contributed by atoms with Gasteiger partial charge in [-0.15, -0.1) is 0 Å². The van der Waals surface area contributed by atoms with Gasteiger partial charge in [0, 0.05) is 17.2 Å². The molecule has 2 rings (SSSR count). The zero-order chi connectivity index (χ0) is 13.1. The minimum absolute atomic E-state index is 0.00894. The minimum atomic E-state index is -0.884. The first kappa shape index (κ1) is 13.3. The fraction of sp³-hybridized carbons (Fsp3) is 0.357. The van der Waals surface area contributed by atoms with Crippen molar-refractivity contribution in [2.75, 3.05) is 5.33 Å². The molecular formula is C14H15BrO3. The summed E-state index contributed by atoms with van der Waals surface area (Å²) in [6, 6.07) is 9.49. The molecule has 0 heterocycles. The highest BCUT2D eigenvalue weighted by atomic mass is 79.9. The lowest BCUT2D eigenvalue weighted by molar-refractivity contribution is -0.105. The highest BCUT2D eigenvalue weighted by molar-refractivity contribution is 9.09. The number of aliphatic hydroxyl groups excluding tert-OH is 2. The third kappa shape index (κ3) is 2.22. The van der Waals surface area contributed by atoms with Crippen LogP contribution >= 0.6 is 15.9 Å². The van der Waals surface area contributed by atoms with E-state index in [4.69, 9.17) is 0 Å². The lowest BCUT2D eigenvalue weighted by Gasteiger charge is -2.22. The molecule has 0 fully saturated rings. The van der Waals surface area contributed by atoms with Crippen molar-refractivity contribution >= 4 is 22.2 Å². The standard InChI is InChI=1S/C14H15BrO3/c15-7-6-10-12(9-4-2-1-3-5-9)14(18)11(8-16)13(10)17/h1-5,8,10,12-13,17-18H,6-7H2. The topological polar surface area (TPSA) is 57.5 Å². The first-order valence-electron chi connectivity index (χ1n) is 5.88. The van der Waals surface area contributed by atoms with Gasteiger partial charge in [0.05, 0.1) is 11.7 Å². The van der Waals surface area contributed by atoms with E-state index in [1.54, 1.807) is 0 Å². The molecule has 3 unspecified atom stereocenters. The lowest BCUT2D eigenvalue weighted by Crippen LogP contribution is -2.22. The molecule has 0 aromatic heterocycles. The molecular weight excluding hydrogens is 296 g/mol.